The van der Waals surface area contributed by atoms with Gasteiger partial charge in [-0.25, -0.2) is 0 Å². The van der Waals surface area contributed by atoms with Gasteiger partial charge < -0.3 is 0 Å². The molecule has 2 unspecified atom stereocenters. The van der Waals surface area contributed by atoms with E-state index >= 15 is 0 Å². The molecule has 1 saturated carbocycles. The predicted octanol–water partition coefficient (Wildman–Crippen LogP) is 2.65. The normalized spacial score (nSPS) is 35.6. The second-order valence-corrected chi connectivity index (χ2v) is 4.59. The SMILES string of the molecule is CC(=O)C1C(C)CCC1(C)C. The van der Waals surface area contributed by atoms with Crippen LogP contribution in [0.2, 0.25) is 0 Å². The molecule has 64 valence electrons. The minimum absolute atomic E-state index is 0.255. The van der Waals surface area contributed by atoms with Crippen LogP contribution in [0.4, 0.5) is 0 Å². The number of hydrogen-bond donors (Lipinski definition) is 0. The highest BCUT2D eigenvalue weighted by atomic mass is 16.1. The highest BCUT2D eigenvalue weighted by Gasteiger charge is 2.42. The number of carbonyl (C=O) groups is 1. The fourth-order valence-electron chi connectivity index (χ4n) is 2.64. The minimum Gasteiger partial charge on any atom is -0.300 e. The van der Waals surface area contributed by atoms with Crippen LogP contribution in [-0.2, 0) is 4.79 Å². The van der Waals surface area contributed by atoms with Gasteiger partial charge in [0.15, 0.2) is 0 Å². The van der Waals surface area contributed by atoms with Crippen molar-refractivity contribution in [3.8, 4) is 0 Å². The molecular weight excluding hydrogens is 136 g/mol. The Bertz CT molecular complexity index is 170. The van der Waals surface area contributed by atoms with Crippen molar-refractivity contribution < 1.29 is 4.79 Å². The first-order valence-electron chi connectivity index (χ1n) is 4.45. The maximum atomic E-state index is 11.3. The van der Waals surface area contributed by atoms with E-state index in [1.54, 1.807) is 6.92 Å². The monoisotopic (exact) mass is 154 g/mol. The van der Waals surface area contributed by atoms with Crippen LogP contribution in [0, 0.1) is 17.3 Å². The Morgan fingerprint density at radius 2 is 2.00 bits per heavy atom. The molecule has 0 N–H and O–H groups in total. The smallest absolute Gasteiger partial charge is 0.133 e. The fraction of sp³-hybridized carbons (Fsp3) is 0.900. The van der Waals surface area contributed by atoms with E-state index in [2.05, 4.69) is 20.8 Å². The van der Waals surface area contributed by atoms with E-state index in [0.717, 1.165) is 0 Å². The summed E-state index contributed by atoms with van der Waals surface area (Å²) in [5, 5.41) is 0. The third-order valence-corrected chi connectivity index (χ3v) is 3.09. The third kappa shape index (κ3) is 1.47. The molecule has 0 bridgehead atoms. The van der Waals surface area contributed by atoms with Crippen LogP contribution in [0.15, 0.2) is 0 Å². The lowest BCUT2D eigenvalue weighted by molar-refractivity contribution is -0.124. The van der Waals surface area contributed by atoms with Gasteiger partial charge in [-0.1, -0.05) is 20.8 Å². The van der Waals surface area contributed by atoms with Crippen molar-refractivity contribution in [2.45, 2.75) is 40.5 Å². The zero-order chi connectivity index (χ0) is 8.65. The van der Waals surface area contributed by atoms with Gasteiger partial charge in [-0.2, -0.15) is 0 Å². The van der Waals surface area contributed by atoms with Crippen LogP contribution < -0.4 is 0 Å². The molecule has 0 aromatic carbocycles. The van der Waals surface area contributed by atoms with Crippen LogP contribution in [0.5, 0.6) is 0 Å². The summed E-state index contributed by atoms with van der Waals surface area (Å²) >= 11 is 0. The van der Waals surface area contributed by atoms with Gasteiger partial charge in [-0.05, 0) is 31.1 Å². The maximum Gasteiger partial charge on any atom is 0.133 e. The average molecular weight is 154 g/mol. The van der Waals surface area contributed by atoms with Crippen LogP contribution in [0.3, 0.4) is 0 Å². The minimum atomic E-state index is 0.255. The summed E-state index contributed by atoms with van der Waals surface area (Å²) in [4.78, 5) is 11.3. The predicted molar refractivity (Wildman–Crippen MR) is 46.4 cm³/mol. The largest absolute Gasteiger partial charge is 0.300 e. The number of carbonyl (C=O) groups excluding carboxylic acids is 1. The Morgan fingerprint density at radius 1 is 1.45 bits per heavy atom. The average Bonchev–Trinajstić information content (AvgIpc) is 2.06. The number of ketones is 1. The van der Waals surface area contributed by atoms with E-state index in [1.165, 1.54) is 12.8 Å². The number of Topliss-reactive ketones (excluding diaryl/α,β-unsaturated/α-hetero) is 1. The standard InChI is InChI=1S/C10H18O/c1-7-5-6-10(3,4)9(7)8(2)11/h7,9H,5-6H2,1-4H3. The van der Waals surface area contributed by atoms with E-state index in [-0.39, 0.29) is 5.41 Å². The van der Waals surface area contributed by atoms with Gasteiger partial charge in [0.25, 0.3) is 0 Å². The molecule has 1 aliphatic carbocycles. The van der Waals surface area contributed by atoms with Gasteiger partial charge in [0.1, 0.15) is 5.78 Å². The lowest BCUT2D eigenvalue weighted by Crippen LogP contribution is -2.27. The van der Waals surface area contributed by atoms with Crippen LogP contribution in [-0.4, -0.2) is 5.78 Å². The Morgan fingerprint density at radius 3 is 2.18 bits per heavy atom. The molecule has 0 spiro atoms. The summed E-state index contributed by atoms with van der Waals surface area (Å²) in [6.45, 7) is 8.35. The van der Waals surface area contributed by atoms with Crippen molar-refractivity contribution in [1.82, 2.24) is 0 Å². The van der Waals surface area contributed by atoms with Gasteiger partial charge >= 0.3 is 0 Å². The van der Waals surface area contributed by atoms with Gasteiger partial charge in [0, 0.05) is 5.92 Å². The molecule has 0 radical (unpaired) electrons. The second-order valence-electron chi connectivity index (χ2n) is 4.59. The van der Waals surface area contributed by atoms with Gasteiger partial charge in [0.05, 0.1) is 0 Å². The Labute approximate surface area is 69.2 Å². The molecule has 0 heterocycles. The van der Waals surface area contributed by atoms with Crippen molar-refractivity contribution in [1.29, 1.82) is 0 Å². The molecule has 1 heteroatoms. The van der Waals surface area contributed by atoms with Crippen molar-refractivity contribution >= 4 is 5.78 Å². The van der Waals surface area contributed by atoms with Crippen molar-refractivity contribution in [3.63, 3.8) is 0 Å². The first-order chi connectivity index (χ1) is 4.95. The summed E-state index contributed by atoms with van der Waals surface area (Å²) in [6.07, 6.45) is 2.43. The summed E-state index contributed by atoms with van der Waals surface area (Å²) in [7, 11) is 0. The summed E-state index contributed by atoms with van der Waals surface area (Å²) in [5.74, 6) is 1.28. The van der Waals surface area contributed by atoms with E-state index in [1.807, 2.05) is 0 Å². The van der Waals surface area contributed by atoms with Crippen molar-refractivity contribution in [2.75, 3.05) is 0 Å². The lowest BCUT2D eigenvalue weighted by atomic mass is 9.77. The lowest BCUT2D eigenvalue weighted by Gasteiger charge is -2.26. The first kappa shape index (κ1) is 8.76. The molecule has 1 rings (SSSR count). The highest BCUT2D eigenvalue weighted by molar-refractivity contribution is 5.79. The highest BCUT2D eigenvalue weighted by Crippen LogP contribution is 2.46. The molecule has 0 aromatic heterocycles. The fourth-order valence-corrected chi connectivity index (χ4v) is 2.64. The third-order valence-electron chi connectivity index (χ3n) is 3.09. The summed E-state index contributed by atoms with van der Waals surface area (Å²) in [5.41, 5.74) is 0.255. The molecule has 0 aliphatic heterocycles. The Kier molecular flexibility index (Phi) is 2.08. The molecule has 1 fully saturated rings. The molecule has 0 aromatic rings. The molecular formula is C10H18O. The Hall–Kier alpha value is -0.330. The van der Waals surface area contributed by atoms with Crippen molar-refractivity contribution in [3.05, 3.63) is 0 Å². The zero-order valence-electron chi connectivity index (χ0n) is 7.98. The second kappa shape index (κ2) is 2.62. The molecule has 0 saturated heterocycles. The quantitative estimate of drug-likeness (QED) is 0.567. The summed E-state index contributed by atoms with van der Waals surface area (Å²) in [6, 6.07) is 0. The molecule has 11 heavy (non-hydrogen) atoms. The van der Waals surface area contributed by atoms with Crippen LogP contribution >= 0.6 is 0 Å². The molecule has 0 amide bonds. The Balaban J connectivity index is 2.80. The number of rotatable bonds is 1. The van der Waals surface area contributed by atoms with E-state index in [4.69, 9.17) is 0 Å². The molecule has 2 atom stereocenters. The molecule has 1 nitrogen and oxygen atoms in total. The van der Waals surface area contributed by atoms with Gasteiger partial charge in [0.2, 0.25) is 0 Å². The topological polar surface area (TPSA) is 17.1 Å². The van der Waals surface area contributed by atoms with E-state index in [0.29, 0.717) is 17.6 Å². The van der Waals surface area contributed by atoms with E-state index in [9.17, 15) is 4.79 Å². The molecule has 1 aliphatic rings. The summed E-state index contributed by atoms with van der Waals surface area (Å²) < 4.78 is 0. The van der Waals surface area contributed by atoms with Gasteiger partial charge in [-0.3, -0.25) is 4.79 Å². The number of hydrogen-bond acceptors (Lipinski definition) is 1. The first-order valence-corrected chi connectivity index (χ1v) is 4.45. The van der Waals surface area contributed by atoms with Gasteiger partial charge in [-0.15, -0.1) is 0 Å². The van der Waals surface area contributed by atoms with Crippen LogP contribution in [0.1, 0.15) is 40.5 Å². The van der Waals surface area contributed by atoms with E-state index < -0.39 is 0 Å². The zero-order valence-corrected chi connectivity index (χ0v) is 7.98. The van der Waals surface area contributed by atoms with Crippen LogP contribution in [0.25, 0.3) is 0 Å². The van der Waals surface area contributed by atoms with Crippen molar-refractivity contribution in [2.24, 2.45) is 17.3 Å². The maximum absolute atomic E-state index is 11.3.